The normalized spacial score (nSPS) is 11.8. The van der Waals surface area contributed by atoms with E-state index in [1.807, 2.05) is 0 Å². The Balaban J connectivity index is 3.43. The summed E-state index contributed by atoms with van der Waals surface area (Å²) in [4.78, 5) is 3.56. The molecule has 6 heteroatoms. The molecule has 1 aromatic rings. The lowest BCUT2D eigenvalue weighted by Crippen LogP contribution is -2.21. The smallest absolute Gasteiger partial charge is 0.226 e. The van der Waals surface area contributed by atoms with E-state index in [0.29, 0.717) is 4.73 Å². The minimum Gasteiger partial charge on any atom is -0.425 e. The number of nitrogens with zero attached hydrogens (tertiary/aromatic N) is 3. The number of nitrogen functional groups attached to an aromatic ring is 1. The highest BCUT2D eigenvalue weighted by molar-refractivity contribution is 5.21. The molecule has 0 aliphatic rings. The zero-order chi connectivity index (χ0) is 7.56. The Morgan fingerprint density at radius 1 is 1.60 bits per heavy atom. The van der Waals surface area contributed by atoms with Crippen molar-refractivity contribution < 1.29 is 10.4 Å². The monoisotopic (exact) mass is 142 g/mol. The molecule has 0 spiro atoms. The van der Waals surface area contributed by atoms with Crippen LogP contribution in [0, 0.1) is 0 Å². The minimum absolute atomic E-state index is 0.00954. The van der Waals surface area contributed by atoms with Crippen molar-refractivity contribution in [3.8, 4) is 0 Å². The summed E-state index contributed by atoms with van der Waals surface area (Å²) >= 11 is 0. The van der Waals surface area contributed by atoms with Gasteiger partial charge in [-0.15, -0.1) is 4.73 Å². The molecule has 0 fully saturated rings. The predicted octanol–water partition coefficient (Wildman–Crippen LogP) is -1.01. The molecule has 0 aliphatic carbocycles. The van der Waals surface area contributed by atoms with E-state index in [4.69, 9.17) is 16.1 Å². The fraction of sp³-hybridized carbons (Fsp3) is 0. The average Bonchev–Trinajstić information content (AvgIpc) is 1.95. The molecule has 54 valence electrons. The lowest BCUT2D eigenvalue weighted by atomic mass is 10.7. The minimum atomic E-state index is -0.111. The first-order valence-corrected chi connectivity index (χ1v) is 2.45. The SMILES string of the molecule is Nc1cnc/c(=N\O)n1O. The van der Waals surface area contributed by atoms with Crippen LogP contribution in [0.25, 0.3) is 0 Å². The molecule has 0 saturated carbocycles. The summed E-state index contributed by atoms with van der Waals surface area (Å²) < 4.78 is 0.521. The Labute approximate surface area is 55.8 Å². The van der Waals surface area contributed by atoms with E-state index in [9.17, 15) is 0 Å². The van der Waals surface area contributed by atoms with Gasteiger partial charge >= 0.3 is 0 Å². The first-order chi connectivity index (χ1) is 4.75. The summed E-state index contributed by atoms with van der Waals surface area (Å²) in [6.07, 6.45) is 2.39. The van der Waals surface area contributed by atoms with E-state index in [-0.39, 0.29) is 11.3 Å². The van der Waals surface area contributed by atoms with Crippen molar-refractivity contribution in [2.75, 3.05) is 5.73 Å². The standard InChI is InChI=1S/C4H6N4O2/c5-3-1-6-2-4(7-9)8(3)10/h1-2,9-10H,5H2/b7-4+. The number of aromatic nitrogens is 2. The molecule has 10 heavy (non-hydrogen) atoms. The number of hydrogen-bond donors (Lipinski definition) is 3. The van der Waals surface area contributed by atoms with Gasteiger partial charge in [-0.1, -0.05) is 5.16 Å². The third kappa shape index (κ3) is 0.859. The van der Waals surface area contributed by atoms with Crippen molar-refractivity contribution in [2.24, 2.45) is 5.16 Å². The maximum Gasteiger partial charge on any atom is 0.226 e. The molecule has 4 N–H and O–H groups in total. The second kappa shape index (κ2) is 2.26. The Morgan fingerprint density at radius 3 is 2.80 bits per heavy atom. The Kier molecular flexibility index (Phi) is 1.44. The fourth-order valence-corrected chi connectivity index (χ4v) is 0.490. The van der Waals surface area contributed by atoms with E-state index < -0.39 is 0 Å². The Morgan fingerprint density at radius 2 is 2.30 bits per heavy atom. The zero-order valence-electron chi connectivity index (χ0n) is 4.97. The number of nitrogens with two attached hydrogens (primary N) is 1. The maximum absolute atomic E-state index is 8.90. The van der Waals surface area contributed by atoms with Crippen molar-refractivity contribution in [2.45, 2.75) is 0 Å². The van der Waals surface area contributed by atoms with Gasteiger partial charge in [-0.25, -0.2) is 0 Å². The summed E-state index contributed by atoms with van der Waals surface area (Å²) in [5.74, 6) is 0.00954. The van der Waals surface area contributed by atoms with Gasteiger partial charge < -0.3 is 16.1 Å². The van der Waals surface area contributed by atoms with Gasteiger partial charge in [0, 0.05) is 0 Å². The number of anilines is 1. The van der Waals surface area contributed by atoms with Crippen LogP contribution in [-0.2, 0) is 0 Å². The molecular formula is C4H6N4O2. The second-order valence-electron chi connectivity index (χ2n) is 1.60. The fourth-order valence-electron chi connectivity index (χ4n) is 0.490. The third-order valence-electron chi connectivity index (χ3n) is 0.961. The second-order valence-corrected chi connectivity index (χ2v) is 1.60. The van der Waals surface area contributed by atoms with Crippen LogP contribution >= 0.6 is 0 Å². The highest BCUT2D eigenvalue weighted by atomic mass is 16.5. The van der Waals surface area contributed by atoms with Gasteiger partial charge in [0.1, 0.15) is 0 Å². The molecule has 0 unspecified atom stereocenters. The quantitative estimate of drug-likeness (QED) is 0.245. The van der Waals surface area contributed by atoms with E-state index in [0.717, 1.165) is 6.20 Å². The van der Waals surface area contributed by atoms with Crippen molar-refractivity contribution in [1.29, 1.82) is 0 Å². The maximum atomic E-state index is 8.90. The van der Waals surface area contributed by atoms with Crippen molar-refractivity contribution >= 4 is 5.82 Å². The molecule has 0 radical (unpaired) electrons. The molecule has 0 amide bonds. The van der Waals surface area contributed by atoms with Crippen LogP contribution in [-0.4, -0.2) is 20.1 Å². The molecule has 1 heterocycles. The average molecular weight is 142 g/mol. The highest BCUT2D eigenvalue weighted by Gasteiger charge is 1.93. The van der Waals surface area contributed by atoms with E-state index in [1.165, 1.54) is 6.20 Å². The molecule has 0 bridgehead atoms. The van der Waals surface area contributed by atoms with E-state index >= 15 is 0 Å². The molecule has 1 aromatic heterocycles. The summed E-state index contributed by atoms with van der Waals surface area (Å²) in [7, 11) is 0. The summed E-state index contributed by atoms with van der Waals surface area (Å²) in [6.45, 7) is 0. The number of rotatable bonds is 0. The van der Waals surface area contributed by atoms with Crippen LogP contribution in [0.4, 0.5) is 5.82 Å². The predicted molar refractivity (Wildman–Crippen MR) is 31.2 cm³/mol. The molecule has 0 atom stereocenters. The molecular weight excluding hydrogens is 136 g/mol. The van der Waals surface area contributed by atoms with Crippen LogP contribution in [0.3, 0.4) is 0 Å². The van der Waals surface area contributed by atoms with Gasteiger partial charge in [-0.3, -0.25) is 4.98 Å². The first-order valence-electron chi connectivity index (χ1n) is 2.45. The van der Waals surface area contributed by atoms with E-state index in [2.05, 4.69) is 10.1 Å². The molecule has 1 rings (SSSR count). The molecule has 0 saturated heterocycles. The van der Waals surface area contributed by atoms with Crippen LogP contribution in [0.15, 0.2) is 17.5 Å². The van der Waals surface area contributed by atoms with Crippen LogP contribution < -0.4 is 11.2 Å². The largest absolute Gasteiger partial charge is 0.425 e. The lowest BCUT2D eigenvalue weighted by molar-refractivity contribution is 0.163. The molecule has 0 aromatic carbocycles. The van der Waals surface area contributed by atoms with Crippen LogP contribution in [0.1, 0.15) is 0 Å². The molecule has 6 nitrogen and oxygen atoms in total. The molecule has 0 aliphatic heterocycles. The van der Waals surface area contributed by atoms with Crippen LogP contribution in [0.2, 0.25) is 0 Å². The lowest BCUT2D eigenvalue weighted by Gasteiger charge is -1.98. The van der Waals surface area contributed by atoms with Gasteiger partial charge in [0.05, 0.1) is 12.4 Å². The van der Waals surface area contributed by atoms with Crippen molar-refractivity contribution in [1.82, 2.24) is 9.71 Å². The summed E-state index contributed by atoms with van der Waals surface area (Å²) in [5.41, 5.74) is 5.06. The Hall–Kier alpha value is -1.72. The third-order valence-corrected chi connectivity index (χ3v) is 0.961. The Bertz CT molecular complexity index is 292. The number of hydrogen-bond acceptors (Lipinski definition) is 5. The van der Waals surface area contributed by atoms with Crippen molar-refractivity contribution in [3.63, 3.8) is 0 Å². The van der Waals surface area contributed by atoms with E-state index in [1.54, 1.807) is 0 Å². The van der Waals surface area contributed by atoms with Gasteiger partial charge in [-0.05, 0) is 0 Å². The topological polar surface area (TPSA) is 96.7 Å². The van der Waals surface area contributed by atoms with Gasteiger partial charge in [0.2, 0.25) is 5.49 Å². The summed E-state index contributed by atoms with van der Waals surface area (Å²) in [5, 5.41) is 19.8. The first kappa shape index (κ1) is 6.40. The highest BCUT2D eigenvalue weighted by Crippen LogP contribution is 1.87. The van der Waals surface area contributed by atoms with Gasteiger partial charge in [0.15, 0.2) is 5.82 Å². The summed E-state index contributed by atoms with van der Waals surface area (Å²) in [6, 6.07) is 0. The van der Waals surface area contributed by atoms with Crippen LogP contribution in [0.5, 0.6) is 0 Å². The van der Waals surface area contributed by atoms with Crippen molar-refractivity contribution in [3.05, 3.63) is 17.9 Å². The zero-order valence-corrected chi connectivity index (χ0v) is 4.97. The van der Waals surface area contributed by atoms with Gasteiger partial charge in [-0.2, -0.15) is 0 Å². The van der Waals surface area contributed by atoms with Gasteiger partial charge in [0.25, 0.3) is 0 Å².